The number of aromatic nitrogens is 3. The number of amides is 1. The van der Waals surface area contributed by atoms with Crippen molar-refractivity contribution >= 4 is 17.2 Å². The molecule has 0 saturated carbocycles. The van der Waals surface area contributed by atoms with E-state index in [1.807, 2.05) is 38.2 Å². The van der Waals surface area contributed by atoms with Crippen molar-refractivity contribution < 1.29 is 9.53 Å². The Balaban J connectivity index is 1.63. The molecule has 0 N–H and O–H groups in total. The quantitative estimate of drug-likeness (QED) is 0.785. The first-order chi connectivity index (χ1) is 13.5. The summed E-state index contributed by atoms with van der Waals surface area (Å²) >= 11 is 1.48. The van der Waals surface area contributed by atoms with E-state index in [0.717, 1.165) is 40.8 Å². The molecule has 8 heteroatoms. The Morgan fingerprint density at radius 1 is 1.25 bits per heavy atom. The largest absolute Gasteiger partial charge is 0.373 e. The number of hydrogen-bond donors (Lipinski definition) is 0. The first kappa shape index (κ1) is 19.5. The van der Waals surface area contributed by atoms with Crippen LogP contribution in [0.15, 0.2) is 12.4 Å². The smallest absolute Gasteiger partial charge is 0.266 e. The molecule has 2 aromatic rings. The molecule has 0 aliphatic carbocycles. The van der Waals surface area contributed by atoms with Crippen molar-refractivity contribution in [2.45, 2.75) is 45.3 Å². The van der Waals surface area contributed by atoms with E-state index in [4.69, 9.17) is 4.74 Å². The predicted molar refractivity (Wildman–Crippen MR) is 109 cm³/mol. The Bertz CT molecular complexity index is 826. The maximum atomic E-state index is 13.5. The van der Waals surface area contributed by atoms with Gasteiger partial charge in [0.15, 0.2) is 0 Å². The highest BCUT2D eigenvalue weighted by molar-refractivity contribution is 7.13. The van der Waals surface area contributed by atoms with Gasteiger partial charge in [0, 0.05) is 31.9 Å². The van der Waals surface area contributed by atoms with Gasteiger partial charge in [0.25, 0.3) is 5.91 Å². The maximum absolute atomic E-state index is 13.5. The number of nitrogens with zero attached hydrogens (tertiary/aromatic N) is 5. The number of carbonyl (C=O) groups excluding carboxylic acids is 1. The monoisotopic (exact) mass is 403 g/mol. The second-order valence-corrected chi connectivity index (χ2v) is 9.01. The lowest BCUT2D eigenvalue weighted by atomic mass is 9.99. The fraction of sp³-hybridized carbons (Fsp3) is 0.650. The lowest BCUT2D eigenvalue weighted by Gasteiger charge is -2.43. The lowest BCUT2D eigenvalue weighted by Crippen LogP contribution is -2.52. The summed E-state index contributed by atoms with van der Waals surface area (Å²) in [5.41, 5.74) is 1.85. The Morgan fingerprint density at radius 2 is 2.04 bits per heavy atom. The molecule has 0 radical (unpaired) electrons. The summed E-state index contributed by atoms with van der Waals surface area (Å²) in [7, 11) is 1.91. The van der Waals surface area contributed by atoms with E-state index in [1.54, 1.807) is 4.68 Å². The summed E-state index contributed by atoms with van der Waals surface area (Å²) in [6, 6.07) is -0.126. The van der Waals surface area contributed by atoms with Gasteiger partial charge in [-0.2, -0.15) is 5.10 Å². The molecule has 2 saturated heterocycles. The van der Waals surface area contributed by atoms with Crippen LogP contribution >= 0.6 is 11.3 Å². The molecule has 1 amide bonds. The zero-order chi connectivity index (χ0) is 19.7. The van der Waals surface area contributed by atoms with Crippen molar-refractivity contribution in [3.05, 3.63) is 33.5 Å². The number of rotatable bonds is 4. The summed E-state index contributed by atoms with van der Waals surface area (Å²) in [5.74, 6) is 0.0592. The summed E-state index contributed by atoms with van der Waals surface area (Å²) in [6.45, 7) is 8.10. The molecule has 0 aromatic carbocycles. The molecule has 0 spiro atoms. The molecular formula is C20H29N5O2S. The van der Waals surface area contributed by atoms with Crippen LogP contribution < -0.4 is 0 Å². The highest BCUT2D eigenvalue weighted by Crippen LogP contribution is 2.33. The van der Waals surface area contributed by atoms with Crippen molar-refractivity contribution in [1.82, 2.24) is 24.6 Å². The Labute approximate surface area is 170 Å². The van der Waals surface area contributed by atoms with Crippen LogP contribution in [-0.4, -0.2) is 69.4 Å². The van der Waals surface area contributed by atoms with Gasteiger partial charge >= 0.3 is 0 Å². The van der Waals surface area contributed by atoms with Crippen LogP contribution in [-0.2, 0) is 11.8 Å². The summed E-state index contributed by atoms with van der Waals surface area (Å²) < 4.78 is 8.02. The summed E-state index contributed by atoms with van der Waals surface area (Å²) in [6.07, 6.45) is 7.62. The standard InChI is InChI=1S/C20H29N5O2S/c1-14-19(28-15(2)22-14)20(26)25-9-10-27-17(13-24-7-5-4-6-8-24)18(25)16-11-21-23(3)12-16/h11-12,17-18H,4-10,13H2,1-3H3/t17-,18-/m0/s1. The number of hydrogen-bond acceptors (Lipinski definition) is 6. The summed E-state index contributed by atoms with van der Waals surface area (Å²) in [5, 5.41) is 5.29. The van der Waals surface area contributed by atoms with Crippen molar-refractivity contribution in [3.8, 4) is 0 Å². The lowest BCUT2D eigenvalue weighted by molar-refractivity contribution is -0.0740. The van der Waals surface area contributed by atoms with E-state index >= 15 is 0 Å². The zero-order valence-corrected chi connectivity index (χ0v) is 17.7. The highest BCUT2D eigenvalue weighted by Gasteiger charge is 2.39. The normalized spacial score (nSPS) is 23.9. The van der Waals surface area contributed by atoms with Crippen molar-refractivity contribution in [3.63, 3.8) is 0 Å². The SMILES string of the molecule is Cc1nc(C)c(C(=O)N2CCO[C@@H](CN3CCCCC3)[C@@H]2c2cnn(C)c2)s1. The number of piperidine rings is 1. The van der Waals surface area contributed by atoms with Gasteiger partial charge in [0.2, 0.25) is 0 Å². The molecule has 2 fully saturated rings. The van der Waals surface area contributed by atoms with Crippen molar-refractivity contribution in [1.29, 1.82) is 0 Å². The molecule has 0 bridgehead atoms. The minimum atomic E-state index is -0.126. The number of likely N-dealkylation sites (tertiary alicyclic amines) is 1. The number of aryl methyl sites for hydroxylation is 3. The predicted octanol–water partition coefficient (Wildman–Crippen LogP) is 2.56. The molecule has 2 aromatic heterocycles. The topological polar surface area (TPSA) is 63.5 Å². The Kier molecular flexibility index (Phi) is 5.80. The molecule has 7 nitrogen and oxygen atoms in total. The van der Waals surface area contributed by atoms with Gasteiger partial charge in [-0.05, 0) is 39.8 Å². The number of morpholine rings is 1. The van der Waals surface area contributed by atoms with Crippen LogP contribution in [0.3, 0.4) is 0 Å². The molecule has 2 aliphatic rings. The van der Waals surface area contributed by atoms with E-state index in [1.165, 1.54) is 30.6 Å². The second kappa shape index (κ2) is 8.31. The van der Waals surface area contributed by atoms with Gasteiger partial charge in [0.05, 0.1) is 35.7 Å². The van der Waals surface area contributed by atoms with E-state index in [0.29, 0.717) is 13.2 Å². The Morgan fingerprint density at radius 3 is 2.68 bits per heavy atom. The van der Waals surface area contributed by atoms with Crippen molar-refractivity contribution in [2.24, 2.45) is 7.05 Å². The van der Waals surface area contributed by atoms with Crippen LogP contribution in [0.2, 0.25) is 0 Å². The van der Waals surface area contributed by atoms with Gasteiger partial charge in [0.1, 0.15) is 4.88 Å². The molecule has 28 heavy (non-hydrogen) atoms. The van der Waals surface area contributed by atoms with E-state index in [-0.39, 0.29) is 18.1 Å². The second-order valence-electron chi connectivity index (χ2n) is 7.81. The highest BCUT2D eigenvalue weighted by atomic mass is 32.1. The van der Waals surface area contributed by atoms with Crippen LogP contribution in [0.4, 0.5) is 0 Å². The maximum Gasteiger partial charge on any atom is 0.266 e. The molecule has 152 valence electrons. The Hall–Kier alpha value is -1.77. The molecule has 0 unspecified atom stereocenters. The van der Waals surface area contributed by atoms with E-state index in [9.17, 15) is 4.79 Å². The van der Waals surface area contributed by atoms with E-state index in [2.05, 4.69) is 15.0 Å². The minimum absolute atomic E-state index is 0.0469. The van der Waals surface area contributed by atoms with E-state index < -0.39 is 0 Å². The first-order valence-corrected chi connectivity index (χ1v) is 10.9. The van der Waals surface area contributed by atoms with Gasteiger partial charge in [-0.15, -0.1) is 11.3 Å². The first-order valence-electron chi connectivity index (χ1n) is 10.1. The third-order valence-electron chi connectivity index (χ3n) is 5.66. The number of ether oxygens (including phenoxy) is 1. The van der Waals surface area contributed by atoms with Crippen LogP contribution in [0, 0.1) is 13.8 Å². The van der Waals surface area contributed by atoms with Crippen LogP contribution in [0.5, 0.6) is 0 Å². The molecule has 2 atom stereocenters. The fourth-order valence-corrected chi connectivity index (χ4v) is 5.23. The van der Waals surface area contributed by atoms with Gasteiger partial charge in [-0.3, -0.25) is 9.48 Å². The molecular weight excluding hydrogens is 374 g/mol. The van der Waals surface area contributed by atoms with Crippen LogP contribution in [0.1, 0.15) is 51.2 Å². The van der Waals surface area contributed by atoms with Gasteiger partial charge in [-0.1, -0.05) is 6.42 Å². The molecule has 2 aliphatic heterocycles. The number of thiazole rings is 1. The third kappa shape index (κ3) is 3.99. The molecule has 4 heterocycles. The fourth-order valence-electron chi connectivity index (χ4n) is 4.36. The molecule has 4 rings (SSSR count). The summed E-state index contributed by atoms with van der Waals surface area (Å²) in [4.78, 5) is 23.1. The van der Waals surface area contributed by atoms with Gasteiger partial charge in [-0.25, -0.2) is 4.98 Å². The van der Waals surface area contributed by atoms with Crippen molar-refractivity contribution in [2.75, 3.05) is 32.8 Å². The van der Waals surface area contributed by atoms with Gasteiger partial charge < -0.3 is 14.5 Å². The average Bonchev–Trinajstić information content (AvgIpc) is 3.26. The number of carbonyl (C=O) groups is 1. The zero-order valence-electron chi connectivity index (χ0n) is 16.9. The average molecular weight is 404 g/mol. The third-order valence-corrected chi connectivity index (χ3v) is 6.72. The minimum Gasteiger partial charge on any atom is -0.373 e. The van der Waals surface area contributed by atoms with Crippen LogP contribution in [0.25, 0.3) is 0 Å².